The van der Waals surface area contributed by atoms with E-state index in [1.165, 1.54) is 12.1 Å². The summed E-state index contributed by atoms with van der Waals surface area (Å²) in [6.07, 6.45) is 0. The lowest BCUT2D eigenvalue weighted by molar-refractivity contribution is -0.115. The van der Waals surface area contributed by atoms with Gasteiger partial charge in [-0.15, -0.1) is 5.10 Å². The van der Waals surface area contributed by atoms with Gasteiger partial charge in [0.1, 0.15) is 5.82 Å². The summed E-state index contributed by atoms with van der Waals surface area (Å²) in [6.45, 7) is 2.09. The number of hydrogen-bond donors (Lipinski definition) is 2. The number of carbonyl (C=O) groups excluding carboxylic acids is 1. The number of carbonyl (C=O) groups is 1. The highest BCUT2D eigenvalue weighted by Gasteiger charge is 2.08. The number of likely N-dealkylation sites (N-methyl/N-ethyl adjacent to an activating group) is 1. The SMILES string of the molecule is CNCC(=O)Nc1cc(C)n(-c2ccc(F)cc2)n1. The number of anilines is 1. The Hall–Kier alpha value is -2.21. The Labute approximate surface area is 110 Å². The van der Waals surface area contributed by atoms with Crippen LogP contribution in [-0.2, 0) is 4.79 Å². The molecule has 6 heteroatoms. The lowest BCUT2D eigenvalue weighted by Gasteiger charge is -2.03. The van der Waals surface area contributed by atoms with Crippen LogP contribution in [0, 0.1) is 12.7 Å². The topological polar surface area (TPSA) is 59.0 Å². The van der Waals surface area contributed by atoms with E-state index in [2.05, 4.69) is 15.7 Å². The molecule has 0 unspecified atom stereocenters. The molecule has 2 N–H and O–H groups in total. The third-order valence-electron chi connectivity index (χ3n) is 2.56. The van der Waals surface area contributed by atoms with E-state index < -0.39 is 0 Å². The number of nitrogens with zero attached hydrogens (tertiary/aromatic N) is 2. The highest BCUT2D eigenvalue weighted by Crippen LogP contribution is 2.15. The van der Waals surface area contributed by atoms with E-state index in [-0.39, 0.29) is 18.3 Å². The first kappa shape index (κ1) is 13.2. The van der Waals surface area contributed by atoms with Crippen molar-refractivity contribution >= 4 is 11.7 Å². The van der Waals surface area contributed by atoms with E-state index in [1.54, 1.807) is 29.9 Å². The summed E-state index contributed by atoms with van der Waals surface area (Å²) in [7, 11) is 1.70. The highest BCUT2D eigenvalue weighted by atomic mass is 19.1. The van der Waals surface area contributed by atoms with Gasteiger partial charge in [-0.2, -0.15) is 0 Å². The molecule has 0 atom stereocenters. The second-order valence-corrected chi connectivity index (χ2v) is 4.14. The Bertz CT molecular complexity index is 577. The third kappa shape index (κ3) is 3.17. The zero-order valence-corrected chi connectivity index (χ0v) is 10.8. The molecule has 1 aromatic heterocycles. The minimum Gasteiger partial charge on any atom is -0.311 e. The Kier molecular flexibility index (Phi) is 3.91. The summed E-state index contributed by atoms with van der Waals surface area (Å²) in [5, 5.41) is 9.70. The predicted octanol–water partition coefficient (Wildman–Crippen LogP) is 1.48. The molecular weight excluding hydrogens is 247 g/mol. The van der Waals surface area contributed by atoms with Gasteiger partial charge in [-0.1, -0.05) is 0 Å². The molecule has 0 aliphatic heterocycles. The van der Waals surface area contributed by atoms with Crippen LogP contribution in [-0.4, -0.2) is 29.3 Å². The molecule has 19 heavy (non-hydrogen) atoms. The molecular formula is C13H15FN4O. The fourth-order valence-corrected chi connectivity index (χ4v) is 1.73. The number of aromatic nitrogens is 2. The third-order valence-corrected chi connectivity index (χ3v) is 2.56. The lowest BCUT2D eigenvalue weighted by atomic mass is 10.3. The van der Waals surface area contributed by atoms with E-state index in [1.807, 2.05) is 6.92 Å². The molecule has 0 saturated heterocycles. The average molecular weight is 262 g/mol. The summed E-state index contributed by atoms with van der Waals surface area (Å²) in [4.78, 5) is 11.4. The van der Waals surface area contributed by atoms with Gasteiger partial charge in [-0.3, -0.25) is 4.79 Å². The molecule has 2 rings (SSSR count). The Morgan fingerprint density at radius 3 is 2.68 bits per heavy atom. The molecule has 0 spiro atoms. The van der Waals surface area contributed by atoms with Gasteiger partial charge in [0.15, 0.2) is 5.82 Å². The quantitative estimate of drug-likeness (QED) is 0.877. The Balaban J connectivity index is 2.21. The van der Waals surface area contributed by atoms with Gasteiger partial charge in [0.2, 0.25) is 5.91 Å². The molecule has 0 saturated carbocycles. The maximum Gasteiger partial charge on any atom is 0.239 e. The van der Waals surface area contributed by atoms with Crippen molar-refractivity contribution in [3.8, 4) is 5.69 Å². The number of rotatable bonds is 4. The molecule has 100 valence electrons. The van der Waals surface area contributed by atoms with Crippen LogP contribution in [0.3, 0.4) is 0 Å². The fraction of sp³-hybridized carbons (Fsp3) is 0.231. The van der Waals surface area contributed by atoms with Crippen molar-refractivity contribution < 1.29 is 9.18 Å². The highest BCUT2D eigenvalue weighted by molar-refractivity contribution is 5.91. The standard InChI is InChI=1S/C13H15FN4O/c1-9-7-12(16-13(19)8-15-2)17-18(9)11-5-3-10(14)4-6-11/h3-7,15H,8H2,1-2H3,(H,16,17,19). The maximum atomic E-state index is 12.9. The van der Waals surface area contributed by atoms with E-state index in [9.17, 15) is 9.18 Å². The maximum absolute atomic E-state index is 12.9. The summed E-state index contributed by atoms with van der Waals surface area (Å²) in [5.41, 5.74) is 1.60. The van der Waals surface area contributed by atoms with Crippen molar-refractivity contribution in [2.24, 2.45) is 0 Å². The lowest BCUT2D eigenvalue weighted by Crippen LogP contribution is -2.25. The van der Waals surface area contributed by atoms with Crippen LogP contribution in [0.1, 0.15) is 5.69 Å². The minimum absolute atomic E-state index is 0.161. The van der Waals surface area contributed by atoms with Crippen molar-refractivity contribution in [1.29, 1.82) is 0 Å². The van der Waals surface area contributed by atoms with Gasteiger partial charge in [-0.05, 0) is 38.2 Å². The predicted molar refractivity (Wildman–Crippen MR) is 70.8 cm³/mol. The summed E-state index contributed by atoms with van der Waals surface area (Å²) < 4.78 is 14.5. The van der Waals surface area contributed by atoms with Crippen LogP contribution in [0.2, 0.25) is 0 Å². The second kappa shape index (κ2) is 5.62. The number of aryl methyl sites for hydroxylation is 1. The zero-order chi connectivity index (χ0) is 13.8. The van der Waals surface area contributed by atoms with Crippen molar-refractivity contribution in [3.63, 3.8) is 0 Å². The number of amides is 1. The van der Waals surface area contributed by atoms with Crippen LogP contribution in [0.15, 0.2) is 30.3 Å². The van der Waals surface area contributed by atoms with Crippen LogP contribution in [0.5, 0.6) is 0 Å². The molecule has 0 aliphatic carbocycles. The second-order valence-electron chi connectivity index (χ2n) is 4.14. The summed E-state index contributed by atoms with van der Waals surface area (Å²) in [5.74, 6) is 0.0180. The molecule has 0 aliphatic rings. The van der Waals surface area contributed by atoms with Crippen molar-refractivity contribution in [2.75, 3.05) is 18.9 Å². The molecule has 2 aromatic rings. The minimum atomic E-state index is -0.295. The number of halogens is 1. The van der Waals surface area contributed by atoms with Crippen LogP contribution in [0.25, 0.3) is 5.69 Å². The number of nitrogens with one attached hydrogen (secondary N) is 2. The smallest absolute Gasteiger partial charge is 0.239 e. The van der Waals surface area contributed by atoms with Gasteiger partial charge in [0.05, 0.1) is 12.2 Å². The van der Waals surface area contributed by atoms with E-state index >= 15 is 0 Å². The van der Waals surface area contributed by atoms with E-state index in [4.69, 9.17) is 0 Å². The first-order valence-electron chi connectivity index (χ1n) is 5.87. The fourth-order valence-electron chi connectivity index (χ4n) is 1.73. The van der Waals surface area contributed by atoms with Crippen molar-refractivity contribution in [2.45, 2.75) is 6.92 Å². The average Bonchev–Trinajstić information content (AvgIpc) is 2.71. The van der Waals surface area contributed by atoms with Crippen LogP contribution in [0.4, 0.5) is 10.2 Å². The largest absolute Gasteiger partial charge is 0.311 e. The summed E-state index contributed by atoms with van der Waals surface area (Å²) in [6, 6.07) is 7.77. The van der Waals surface area contributed by atoms with Gasteiger partial charge in [0, 0.05) is 11.8 Å². The van der Waals surface area contributed by atoms with Gasteiger partial charge in [0.25, 0.3) is 0 Å². The monoisotopic (exact) mass is 262 g/mol. The zero-order valence-electron chi connectivity index (χ0n) is 10.8. The molecule has 0 radical (unpaired) electrons. The number of benzene rings is 1. The molecule has 0 fully saturated rings. The normalized spacial score (nSPS) is 10.5. The van der Waals surface area contributed by atoms with Crippen molar-refractivity contribution in [3.05, 3.63) is 41.8 Å². The molecule has 0 bridgehead atoms. The van der Waals surface area contributed by atoms with Crippen LogP contribution >= 0.6 is 0 Å². The molecule has 1 aromatic carbocycles. The van der Waals surface area contributed by atoms with E-state index in [0.29, 0.717) is 5.82 Å². The first-order valence-corrected chi connectivity index (χ1v) is 5.87. The summed E-state index contributed by atoms with van der Waals surface area (Å²) >= 11 is 0. The van der Waals surface area contributed by atoms with Crippen LogP contribution < -0.4 is 10.6 Å². The van der Waals surface area contributed by atoms with Gasteiger partial charge < -0.3 is 10.6 Å². The van der Waals surface area contributed by atoms with Gasteiger partial charge in [-0.25, -0.2) is 9.07 Å². The molecule has 1 heterocycles. The van der Waals surface area contributed by atoms with Gasteiger partial charge >= 0.3 is 0 Å². The Morgan fingerprint density at radius 2 is 2.05 bits per heavy atom. The molecule has 5 nitrogen and oxygen atoms in total. The first-order chi connectivity index (χ1) is 9.10. The Morgan fingerprint density at radius 1 is 1.37 bits per heavy atom. The van der Waals surface area contributed by atoms with E-state index in [0.717, 1.165) is 11.4 Å². The number of hydrogen-bond acceptors (Lipinski definition) is 3. The molecule has 1 amide bonds. The van der Waals surface area contributed by atoms with Crippen molar-refractivity contribution in [1.82, 2.24) is 15.1 Å².